The van der Waals surface area contributed by atoms with Gasteiger partial charge < -0.3 is 14.4 Å². The molecule has 1 saturated heterocycles. The van der Waals surface area contributed by atoms with Crippen molar-refractivity contribution in [3.05, 3.63) is 0 Å². The molecule has 0 N–H and O–H groups in total. The molecule has 0 aliphatic carbocycles. The highest BCUT2D eigenvalue weighted by atomic mass is 16.5. The van der Waals surface area contributed by atoms with Crippen LogP contribution in [0.5, 0.6) is 0 Å². The van der Waals surface area contributed by atoms with E-state index in [-0.39, 0.29) is 17.9 Å². The Hall–Kier alpha value is -0.610. The predicted octanol–water partition coefficient (Wildman–Crippen LogP) is 0.516. The summed E-state index contributed by atoms with van der Waals surface area (Å²) in [5.74, 6) is 0.269. The first-order valence-corrected chi connectivity index (χ1v) is 5.04. The molecule has 0 aromatic heterocycles. The summed E-state index contributed by atoms with van der Waals surface area (Å²) in [7, 11) is 1.65. The lowest BCUT2D eigenvalue weighted by molar-refractivity contribution is -0.144. The molecule has 0 saturated carbocycles. The molecule has 1 fully saturated rings. The van der Waals surface area contributed by atoms with Crippen molar-refractivity contribution in [1.29, 1.82) is 0 Å². The number of amides is 1. The first kappa shape index (κ1) is 11.5. The van der Waals surface area contributed by atoms with Gasteiger partial charge in [-0.3, -0.25) is 4.79 Å². The van der Waals surface area contributed by atoms with Crippen molar-refractivity contribution in [2.24, 2.45) is 5.92 Å². The number of carbonyl (C=O) groups excluding carboxylic acids is 1. The van der Waals surface area contributed by atoms with E-state index in [0.29, 0.717) is 26.3 Å². The third kappa shape index (κ3) is 2.96. The van der Waals surface area contributed by atoms with E-state index in [1.54, 1.807) is 7.11 Å². The van der Waals surface area contributed by atoms with Crippen LogP contribution in [0.2, 0.25) is 0 Å². The molecule has 1 aliphatic rings. The molecular formula is C10H19NO3. The van der Waals surface area contributed by atoms with Crippen LogP contribution in [-0.2, 0) is 14.3 Å². The van der Waals surface area contributed by atoms with Gasteiger partial charge in [0.05, 0.1) is 19.3 Å². The minimum absolute atomic E-state index is 0.0384. The van der Waals surface area contributed by atoms with Crippen molar-refractivity contribution in [1.82, 2.24) is 4.90 Å². The van der Waals surface area contributed by atoms with Gasteiger partial charge in [-0.2, -0.15) is 0 Å². The van der Waals surface area contributed by atoms with E-state index >= 15 is 0 Å². The Bertz CT molecular complexity index is 192. The Labute approximate surface area is 85.2 Å². The average molecular weight is 201 g/mol. The summed E-state index contributed by atoms with van der Waals surface area (Å²) in [4.78, 5) is 13.5. The molecule has 0 bridgehead atoms. The number of morpholine rings is 1. The summed E-state index contributed by atoms with van der Waals surface area (Å²) in [6.07, 6.45) is 0.0384. The topological polar surface area (TPSA) is 38.8 Å². The number of carbonyl (C=O) groups is 1. The van der Waals surface area contributed by atoms with Gasteiger partial charge in [0.25, 0.3) is 0 Å². The van der Waals surface area contributed by atoms with Gasteiger partial charge in [-0.1, -0.05) is 13.8 Å². The maximum atomic E-state index is 11.7. The van der Waals surface area contributed by atoms with E-state index in [0.717, 1.165) is 0 Å². The fourth-order valence-electron chi connectivity index (χ4n) is 1.57. The third-order valence-electron chi connectivity index (χ3n) is 2.30. The number of methoxy groups -OCH3 is 1. The highest BCUT2D eigenvalue weighted by molar-refractivity contribution is 5.78. The Morgan fingerprint density at radius 3 is 2.93 bits per heavy atom. The van der Waals surface area contributed by atoms with Crippen LogP contribution in [0.25, 0.3) is 0 Å². The van der Waals surface area contributed by atoms with Crippen LogP contribution < -0.4 is 0 Å². The molecule has 0 radical (unpaired) electrons. The van der Waals surface area contributed by atoms with Crippen molar-refractivity contribution in [2.75, 3.05) is 33.4 Å². The number of rotatable bonds is 3. The standard InChI is InChI=1S/C10H19NO3/c1-8(2)10(12)11-4-5-14-9(6-11)7-13-3/h8-9H,4-7H2,1-3H3/t9-/m0/s1. The monoisotopic (exact) mass is 201 g/mol. The Kier molecular flexibility index (Phi) is 4.35. The van der Waals surface area contributed by atoms with Crippen LogP contribution in [0, 0.1) is 5.92 Å². The zero-order chi connectivity index (χ0) is 10.6. The molecule has 1 rings (SSSR count). The SMILES string of the molecule is COC[C@@H]1CN(C(=O)C(C)C)CCO1. The van der Waals surface area contributed by atoms with Gasteiger partial charge in [0.15, 0.2) is 0 Å². The minimum atomic E-state index is 0.0384. The number of hydrogen-bond acceptors (Lipinski definition) is 3. The first-order valence-electron chi connectivity index (χ1n) is 5.04. The smallest absolute Gasteiger partial charge is 0.225 e. The van der Waals surface area contributed by atoms with Gasteiger partial charge in [0.1, 0.15) is 0 Å². The number of nitrogens with zero attached hydrogens (tertiary/aromatic N) is 1. The van der Waals surface area contributed by atoms with E-state index in [9.17, 15) is 4.79 Å². The fraction of sp³-hybridized carbons (Fsp3) is 0.900. The van der Waals surface area contributed by atoms with Crippen molar-refractivity contribution >= 4 is 5.91 Å². The maximum absolute atomic E-state index is 11.7. The predicted molar refractivity (Wildman–Crippen MR) is 53.0 cm³/mol. The van der Waals surface area contributed by atoms with Gasteiger partial charge in [-0.05, 0) is 0 Å². The second-order valence-corrected chi connectivity index (χ2v) is 3.89. The molecule has 0 aromatic rings. The molecule has 0 spiro atoms. The van der Waals surface area contributed by atoms with Crippen molar-refractivity contribution < 1.29 is 14.3 Å². The summed E-state index contributed by atoms with van der Waals surface area (Å²) in [6.45, 7) is 6.38. The van der Waals surface area contributed by atoms with E-state index in [1.165, 1.54) is 0 Å². The molecule has 82 valence electrons. The van der Waals surface area contributed by atoms with Crippen molar-refractivity contribution in [3.8, 4) is 0 Å². The number of hydrogen-bond donors (Lipinski definition) is 0. The van der Waals surface area contributed by atoms with Crippen molar-refractivity contribution in [2.45, 2.75) is 20.0 Å². The summed E-state index contributed by atoms with van der Waals surface area (Å²) < 4.78 is 10.5. The Balaban J connectivity index is 2.43. The molecule has 1 atom stereocenters. The van der Waals surface area contributed by atoms with Crippen LogP contribution in [0.1, 0.15) is 13.8 Å². The van der Waals surface area contributed by atoms with E-state index in [4.69, 9.17) is 9.47 Å². The van der Waals surface area contributed by atoms with Crippen LogP contribution >= 0.6 is 0 Å². The average Bonchev–Trinajstić information content (AvgIpc) is 2.17. The van der Waals surface area contributed by atoms with E-state index in [2.05, 4.69) is 0 Å². The molecule has 1 heterocycles. The highest BCUT2D eigenvalue weighted by Gasteiger charge is 2.25. The van der Waals surface area contributed by atoms with Gasteiger partial charge in [0.2, 0.25) is 5.91 Å². The Morgan fingerprint density at radius 1 is 1.64 bits per heavy atom. The fourth-order valence-corrected chi connectivity index (χ4v) is 1.57. The highest BCUT2D eigenvalue weighted by Crippen LogP contribution is 2.09. The zero-order valence-electron chi connectivity index (χ0n) is 9.16. The lowest BCUT2D eigenvalue weighted by atomic mass is 10.1. The molecular weight excluding hydrogens is 182 g/mol. The molecule has 4 nitrogen and oxygen atoms in total. The van der Waals surface area contributed by atoms with E-state index < -0.39 is 0 Å². The maximum Gasteiger partial charge on any atom is 0.225 e. The molecule has 1 amide bonds. The van der Waals surface area contributed by atoms with Crippen molar-refractivity contribution in [3.63, 3.8) is 0 Å². The first-order chi connectivity index (χ1) is 6.65. The summed E-state index contributed by atoms with van der Waals surface area (Å²) >= 11 is 0. The van der Waals surface area contributed by atoms with Crippen LogP contribution in [0.4, 0.5) is 0 Å². The van der Waals surface area contributed by atoms with Gasteiger partial charge in [-0.25, -0.2) is 0 Å². The lowest BCUT2D eigenvalue weighted by Crippen LogP contribution is -2.48. The van der Waals surface area contributed by atoms with Crippen LogP contribution in [0.15, 0.2) is 0 Å². The third-order valence-corrected chi connectivity index (χ3v) is 2.30. The van der Waals surface area contributed by atoms with Crippen LogP contribution in [0.3, 0.4) is 0 Å². The minimum Gasteiger partial charge on any atom is -0.382 e. The largest absolute Gasteiger partial charge is 0.382 e. The quantitative estimate of drug-likeness (QED) is 0.668. The lowest BCUT2D eigenvalue weighted by Gasteiger charge is -2.33. The van der Waals surface area contributed by atoms with E-state index in [1.807, 2.05) is 18.7 Å². The molecule has 0 unspecified atom stereocenters. The van der Waals surface area contributed by atoms with Crippen LogP contribution in [-0.4, -0.2) is 50.3 Å². The summed E-state index contributed by atoms with van der Waals surface area (Å²) in [5, 5.41) is 0. The molecule has 4 heteroatoms. The Morgan fingerprint density at radius 2 is 2.36 bits per heavy atom. The van der Waals surface area contributed by atoms with Gasteiger partial charge >= 0.3 is 0 Å². The molecule has 14 heavy (non-hydrogen) atoms. The van der Waals surface area contributed by atoms with Gasteiger partial charge in [0, 0.05) is 26.1 Å². The summed E-state index contributed by atoms with van der Waals surface area (Å²) in [5.41, 5.74) is 0. The molecule has 1 aliphatic heterocycles. The molecule has 0 aromatic carbocycles. The normalized spacial score (nSPS) is 22.9. The summed E-state index contributed by atoms with van der Waals surface area (Å²) in [6, 6.07) is 0. The number of ether oxygens (including phenoxy) is 2. The zero-order valence-corrected chi connectivity index (χ0v) is 9.16. The van der Waals surface area contributed by atoms with Gasteiger partial charge in [-0.15, -0.1) is 0 Å². The second kappa shape index (κ2) is 5.32. The second-order valence-electron chi connectivity index (χ2n) is 3.89.